The SMILES string of the molecule is Cc1cccn1/N=C(\N)[C@@H]1CCCN1. The van der Waals surface area contributed by atoms with Crippen molar-refractivity contribution in [2.75, 3.05) is 6.54 Å². The van der Waals surface area contributed by atoms with Gasteiger partial charge in [0.25, 0.3) is 0 Å². The van der Waals surface area contributed by atoms with Gasteiger partial charge in [-0.2, -0.15) is 5.10 Å². The zero-order chi connectivity index (χ0) is 9.97. The van der Waals surface area contributed by atoms with E-state index in [1.807, 2.05) is 29.9 Å². The molecule has 0 saturated carbocycles. The van der Waals surface area contributed by atoms with Crippen molar-refractivity contribution < 1.29 is 0 Å². The minimum Gasteiger partial charge on any atom is -0.384 e. The van der Waals surface area contributed by atoms with E-state index in [2.05, 4.69) is 10.4 Å². The van der Waals surface area contributed by atoms with Crippen molar-refractivity contribution in [3.05, 3.63) is 24.0 Å². The minimum absolute atomic E-state index is 0.261. The highest BCUT2D eigenvalue weighted by Gasteiger charge is 2.17. The van der Waals surface area contributed by atoms with Gasteiger partial charge >= 0.3 is 0 Å². The molecule has 4 heteroatoms. The fourth-order valence-electron chi connectivity index (χ4n) is 1.70. The largest absolute Gasteiger partial charge is 0.384 e. The van der Waals surface area contributed by atoms with Gasteiger partial charge < -0.3 is 11.1 Å². The Kier molecular flexibility index (Phi) is 2.54. The molecule has 76 valence electrons. The zero-order valence-corrected chi connectivity index (χ0v) is 8.40. The highest BCUT2D eigenvalue weighted by molar-refractivity contribution is 5.85. The number of rotatable bonds is 2. The van der Waals surface area contributed by atoms with Crippen molar-refractivity contribution in [3.8, 4) is 0 Å². The van der Waals surface area contributed by atoms with Gasteiger partial charge in [-0.1, -0.05) is 0 Å². The number of hydrogen-bond acceptors (Lipinski definition) is 2. The molecule has 0 unspecified atom stereocenters. The van der Waals surface area contributed by atoms with Crippen molar-refractivity contribution in [3.63, 3.8) is 0 Å². The van der Waals surface area contributed by atoms with Crippen LogP contribution < -0.4 is 11.1 Å². The fourth-order valence-corrected chi connectivity index (χ4v) is 1.70. The molecule has 0 spiro atoms. The highest BCUT2D eigenvalue weighted by Crippen LogP contribution is 2.06. The van der Waals surface area contributed by atoms with Gasteiger partial charge in [-0.3, -0.25) is 0 Å². The molecule has 0 aromatic carbocycles. The molecule has 1 aliphatic rings. The predicted octanol–water partition coefficient (Wildman–Crippen LogP) is 0.669. The van der Waals surface area contributed by atoms with Gasteiger partial charge in [0.15, 0.2) is 0 Å². The van der Waals surface area contributed by atoms with E-state index in [-0.39, 0.29) is 6.04 Å². The average Bonchev–Trinajstić information content (AvgIpc) is 2.77. The molecule has 4 nitrogen and oxygen atoms in total. The lowest BCUT2D eigenvalue weighted by Crippen LogP contribution is -2.37. The van der Waals surface area contributed by atoms with E-state index in [4.69, 9.17) is 5.73 Å². The van der Waals surface area contributed by atoms with Crippen LogP contribution in [-0.2, 0) is 0 Å². The smallest absolute Gasteiger partial charge is 0.137 e. The van der Waals surface area contributed by atoms with E-state index in [1.165, 1.54) is 6.42 Å². The Hall–Kier alpha value is -1.29. The lowest BCUT2D eigenvalue weighted by molar-refractivity contribution is 0.733. The van der Waals surface area contributed by atoms with Crippen LogP contribution in [0.15, 0.2) is 23.4 Å². The summed E-state index contributed by atoms with van der Waals surface area (Å²) < 4.78 is 1.81. The Labute approximate surface area is 83.8 Å². The van der Waals surface area contributed by atoms with Crippen molar-refractivity contribution in [2.24, 2.45) is 10.8 Å². The standard InChI is InChI=1S/C10H16N4/c1-8-4-3-7-14(8)13-10(11)9-5-2-6-12-9/h3-4,7,9,12H,2,5-6H2,1H3,(H2,11,13)/t9-/m0/s1. The maximum absolute atomic E-state index is 5.91. The Morgan fingerprint density at radius 3 is 3.14 bits per heavy atom. The number of aryl methyl sites for hydroxylation is 1. The van der Waals surface area contributed by atoms with Crippen LogP contribution in [-0.4, -0.2) is 23.1 Å². The van der Waals surface area contributed by atoms with Crippen LogP contribution in [0.5, 0.6) is 0 Å². The number of nitrogens with one attached hydrogen (secondary N) is 1. The highest BCUT2D eigenvalue weighted by atomic mass is 15.4. The summed E-state index contributed by atoms with van der Waals surface area (Å²) in [6.45, 7) is 3.06. The first-order chi connectivity index (χ1) is 6.77. The van der Waals surface area contributed by atoms with E-state index in [0.717, 1.165) is 18.7 Å². The first-order valence-electron chi connectivity index (χ1n) is 4.99. The fraction of sp³-hybridized carbons (Fsp3) is 0.500. The third-order valence-corrected chi connectivity index (χ3v) is 2.57. The molecule has 1 saturated heterocycles. The van der Waals surface area contributed by atoms with Gasteiger partial charge in [0, 0.05) is 11.9 Å². The molecule has 2 heterocycles. The van der Waals surface area contributed by atoms with E-state index in [0.29, 0.717) is 5.84 Å². The van der Waals surface area contributed by atoms with Gasteiger partial charge in [-0.15, -0.1) is 0 Å². The average molecular weight is 192 g/mol. The van der Waals surface area contributed by atoms with Gasteiger partial charge in [0.1, 0.15) is 5.84 Å². The van der Waals surface area contributed by atoms with Crippen molar-refractivity contribution >= 4 is 5.84 Å². The van der Waals surface area contributed by atoms with Crippen LogP contribution in [0, 0.1) is 6.92 Å². The lowest BCUT2D eigenvalue weighted by atomic mass is 10.2. The van der Waals surface area contributed by atoms with Crippen LogP contribution >= 0.6 is 0 Å². The van der Waals surface area contributed by atoms with Gasteiger partial charge in [0.05, 0.1) is 6.04 Å². The monoisotopic (exact) mass is 192 g/mol. The third kappa shape index (κ3) is 1.80. The molecule has 1 aromatic heterocycles. The maximum Gasteiger partial charge on any atom is 0.137 e. The van der Waals surface area contributed by atoms with Gasteiger partial charge in [-0.05, 0) is 38.4 Å². The summed E-state index contributed by atoms with van der Waals surface area (Å²) in [6, 6.07) is 4.24. The van der Waals surface area contributed by atoms with Crippen LogP contribution in [0.1, 0.15) is 18.5 Å². The van der Waals surface area contributed by atoms with Crippen LogP contribution in [0.4, 0.5) is 0 Å². The van der Waals surface area contributed by atoms with Crippen LogP contribution in [0.25, 0.3) is 0 Å². The number of amidine groups is 1. The summed E-state index contributed by atoms with van der Waals surface area (Å²) in [5.74, 6) is 0.682. The maximum atomic E-state index is 5.91. The molecule has 14 heavy (non-hydrogen) atoms. The summed E-state index contributed by atoms with van der Waals surface area (Å²) in [7, 11) is 0. The molecule has 0 aliphatic carbocycles. The third-order valence-electron chi connectivity index (χ3n) is 2.57. The Morgan fingerprint density at radius 2 is 2.57 bits per heavy atom. The number of aromatic nitrogens is 1. The topological polar surface area (TPSA) is 55.3 Å². The molecule has 1 atom stereocenters. The Balaban J connectivity index is 2.13. The van der Waals surface area contributed by atoms with Gasteiger partial charge in [-0.25, -0.2) is 4.68 Å². The first kappa shape index (κ1) is 9.27. The predicted molar refractivity (Wildman–Crippen MR) is 57.2 cm³/mol. The lowest BCUT2D eigenvalue weighted by Gasteiger charge is -2.09. The molecular formula is C10H16N4. The molecule has 1 fully saturated rings. The van der Waals surface area contributed by atoms with Gasteiger partial charge in [0.2, 0.25) is 0 Å². The van der Waals surface area contributed by atoms with Crippen molar-refractivity contribution in [1.29, 1.82) is 0 Å². The second-order valence-corrected chi connectivity index (χ2v) is 3.67. The summed E-state index contributed by atoms with van der Waals surface area (Å²) in [4.78, 5) is 0. The second-order valence-electron chi connectivity index (χ2n) is 3.67. The van der Waals surface area contributed by atoms with Crippen molar-refractivity contribution in [2.45, 2.75) is 25.8 Å². The van der Waals surface area contributed by atoms with E-state index >= 15 is 0 Å². The molecule has 1 aliphatic heterocycles. The quantitative estimate of drug-likeness (QED) is 0.534. The number of nitrogens with two attached hydrogens (primary N) is 1. The first-order valence-corrected chi connectivity index (χ1v) is 4.99. The molecule has 1 aromatic rings. The molecule has 0 radical (unpaired) electrons. The summed E-state index contributed by atoms with van der Waals surface area (Å²) in [5.41, 5.74) is 7.01. The number of nitrogens with zero attached hydrogens (tertiary/aromatic N) is 2. The normalized spacial score (nSPS) is 22.9. The number of hydrogen-bond donors (Lipinski definition) is 2. The molecule has 0 bridgehead atoms. The molecule has 2 rings (SSSR count). The molecule has 3 N–H and O–H groups in total. The summed E-state index contributed by atoms with van der Waals surface area (Å²) >= 11 is 0. The van der Waals surface area contributed by atoms with Crippen LogP contribution in [0.3, 0.4) is 0 Å². The van der Waals surface area contributed by atoms with Crippen molar-refractivity contribution in [1.82, 2.24) is 9.99 Å². The van der Waals surface area contributed by atoms with E-state index in [1.54, 1.807) is 0 Å². The summed E-state index contributed by atoms with van der Waals surface area (Å²) in [6.07, 6.45) is 4.19. The molecular weight excluding hydrogens is 176 g/mol. The molecule has 0 amide bonds. The minimum atomic E-state index is 0.261. The van der Waals surface area contributed by atoms with E-state index in [9.17, 15) is 0 Å². The second kappa shape index (κ2) is 3.84. The zero-order valence-electron chi connectivity index (χ0n) is 8.40. The Morgan fingerprint density at radius 1 is 1.71 bits per heavy atom. The van der Waals surface area contributed by atoms with Crippen LogP contribution in [0.2, 0.25) is 0 Å². The van der Waals surface area contributed by atoms with E-state index < -0.39 is 0 Å². The Bertz CT molecular complexity index is 334. The summed E-state index contributed by atoms with van der Waals surface area (Å²) in [5, 5.41) is 7.67.